The molecule has 1 aromatic heterocycles. The maximum Gasteiger partial charge on any atom is 0.341 e. The predicted octanol–water partition coefficient (Wildman–Crippen LogP) is 4.70. The van der Waals surface area contributed by atoms with Gasteiger partial charge in [-0.1, -0.05) is 26.0 Å². The van der Waals surface area contributed by atoms with Gasteiger partial charge in [-0.25, -0.2) is 4.79 Å². The van der Waals surface area contributed by atoms with Gasteiger partial charge >= 0.3 is 5.97 Å². The molecule has 0 aliphatic heterocycles. The van der Waals surface area contributed by atoms with Crippen LogP contribution in [0.3, 0.4) is 0 Å². The van der Waals surface area contributed by atoms with Crippen LogP contribution < -0.4 is 10.1 Å². The van der Waals surface area contributed by atoms with Crippen molar-refractivity contribution in [2.45, 2.75) is 39.5 Å². The Balaban J connectivity index is 1.94. The number of para-hydroxylation sites is 1. The van der Waals surface area contributed by atoms with Gasteiger partial charge in [0.1, 0.15) is 10.8 Å². The monoisotopic (exact) mass is 387 g/mol. The number of carbonyl (C=O) groups is 2. The molecule has 1 amide bonds. The SMILES string of the molecule is CCCOC(=O)c1c(NC(=O)c2ccccc2OC)sc2c1CCC(C)C2. The number of esters is 1. The fraction of sp³-hybridized carbons (Fsp3) is 0.429. The highest BCUT2D eigenvalue weighted by molar-refractivity contribution is 7.17. The number of hydrogen-bond donors (Lipinski definition) is 1. The molecule has 5 nitrogen and oxygen atoms in total. The fourth-order valence-corrected chi connectivity index (χ4v) is 4.72. The lowest BCUT2D eigenvalue weighted by atomic mass is 9.88. The Morgan fingerprint density at radius 1 is 1.30 bits per heavy atom. The molecule has 0 radical (unpaired) electrons. The lowest BCUT2D eigenvalue weighted by Crippen LogP contribution is -2.17. The molecule has 2 aromatic rings. The van der Waals surface area contributed by atoms with Crippen LogP contribution in [0.1, 0.15) is 57.8 Å². The summed E-state index contributed by atoms with van der Waals surface area (Å²) in [5, 5.41) is 3.50. The second-order valence-corrected chi connectivity index (χ2v) is 7.95. The van der Waals surface area contributed by atoms with Crippen molar-refractivity contribution in [3.05, 3.63) is 45.8 Å². The number of amides is 1. The molecule has 0 fully saturated rings. The van der Waals surface area contributed by atoms with Crippen LogP contribution in [0.25, 0.3) is 0 Å². The number of rotatable bonds is 6. The van der Waals surface area contributed by atoms with Crippen LogP contribution in [0.5, 0.6) is 5.75 Å². The van der Waals surface area contributed by atoms with Crippen molar-refractivity contribution in [1.82, 2.24) is 0 Å². The minimum atomic E-state index is -0.348. The molecule has 0 spiro atoms. The Morgan fingerprint density at radius 2 is 2.07 bits per heavy atom. The van der Waals surface area contributed by atoms with Gasteiger partial charge in [-0.05, 0) is 49.3 Å². The van der Waals surface area contributed by atoms with Crippen molar-refractivity contribution in [2.24, 2.45) is 5.92 Å². The van der Waals surface area contributed by atoms with E-state index in [0.29, 0.717) is 34.4 Å². The van der Waals surface area contributed by atoms with Gasteiger partial charge in [0.2, 0.25) is 0 Å². The van der Waals surface area contributed by atoms with E-state index in [1.807, 2.05) is 13.0 Å². The number of anilines is 1. The Kier molecular flexibility index (Phi) is 6.16. The number of fused-ring (bicyclic) bond motifs is 1. The molecule has 1 N–H and O–H groups in total. The fourth-order valence-electron chi connectivity index (χ4n) is 3.32. The summed E-state index contributed by atoms with van der Waals surface area (Å²) in [6, 6.07) is 7.05. The standard InChI is InChI=1S/C21H25NO4S/c1-4-11-26-21(24)18-15-10-9-13(2)12-17(15)27-20(18)22-19(23)14-7-5-6-8-16(14)25-3/h5-8,13H,4,9-12H2,1-3H3,(H,22,23). The smallest absolute Gasteiger partial charge is 0.341 e. The highest BCUT2D eigenvalue weighted by Gasteiger charge is 2.29. The summed E-state index contributed by atoms with van der Waals surface area (Å²) in [6.45, 7) is 4.55. The van der Waals surface area contributed by atoms with Crippen LogP contribution in [-0.2, 0) is 17.6 Å². The molecule has 1 aliphatic rings. The maximum atomic E-state index is 12.8. The van der Waals surface area contributed by atoms with Crippen molar-refractivity contribution in [3.63, 3.8) is 0 Å². The minimum Gasteiger partial charge on any atom is -0.496 e. The lowest BCUT2D eigenvalue weighted by Gasteiger charge is -2.18. The van der Waals surface area contributed by atoms with E-state index >= 15 is 0 Å². The number of carbonyl (C=O) groups excluding carboxylic acids is 2. The molecule has 0 saturated heterocycles. The first-order chi connectivity index (χ1) is 13.0. The van der Waals surface area contributed by atoms with Crippen molar-refractivity contribution in [3.8, 4) is 5.75 Å². The van der Waals surface area contributed by atoms with Gasteiger partial charge in [0.25, 0.3) is 5.91 Å². The van der Waals surface area contributed by atoms with E-state index in [2.05, 4.69) is 12.2 Å². The molecular formula is C21H25NO4S. The molecule has 3 rings (SSSR count). The second-order valence-electron chi connectivity index (χ2n) is 6.85. The van der Waals surface area contributed by atoms with Crippen molar-refractivity contribution in [1.29, 1.82) is 0 Å². The van der Waals surface area contributed by atoms with E-state index in [1.54, 1.807) is 18.2 Å². The zero-order valence-corrected chi connectivity index (χ0v) is 16.8. The average Bonchev–Trinajstić information content (AvgIpc) is 3.02. The van der Waals surface area contributed by atoms with Gasteiger partial charge in [-0.2, -0.15) is 0 Å². The van der Waals surface area contributed by atoms with Crippen LogP contribution in [0.4, 0.5) is 5.00 Å². The summed E-state index contributed by atoms with van der Waals surface area (Å²) in [5.74, 6) is 0.441. The van der Waals surface area contributed by atoms with E-state index in [4.69, 9.17) is 9.47 Å². The van der Waals surface area contributed by atoms with Gasteiger partial charge in [0.05, 0.1) is 24.8 Å². The van der Waals surface area contributed by atoms with Crippen molar-refractivity contribution >= 4 is 28.2 Å². The van der Waals surface area contributed by atoms with Crippen LogP contribution in [0, 0.1) is 5.92 Å². The van der Waals surface area contributed by atoms with E-state index in [1.165, 1.54) is 23.3 Å². The highest BCUT2D eigenvalue weighted by atomic mass is 32.1. The maximum absolute atomic E-state index is 12.8. The number of ether oxygens (including phenoxy) is 2. The van der Waals surface area contributed by atoms with E-state index in [9.17, 15) is 9.59 Å². The first-order valence-corrected chi connectivity index (χ1v) is 10.1. The summed E-state index contributed by atoms with van der Waals surface area (Å²) in [4.78, 5) is 26.7. The van der Waals surface area contributed by atoms with Gasteiger partial charge in [0, 0.05) is 4.88 Å². The third-order valence-electron chi connectivity index (χ3n) is 4.73. The minimum absolute atomic E-state index is 0.288. The van der Waals surface area contributed by atoms with Gasteiger partial charge in [-0.3, -0.25) is 4.79 Å². The second kappa shape index (κ2) is 8.57. The topological polar surface area (TPSA) is 64.6 Å². The molecular weight excluding hydrogens is 362 g/mol. The van der Waals surface area contributed by atoms with Crippen LogP contribution in [0.15, 0.2) is 24.3 Å². The molecule has 1 aliphatic carbocycles. The normalized spacial score (nSPS) is 15.7. The molecule has 0 saturated carbocycles. The first kappa shape index (κ1) is 19.4. The summed E-state index contributed by atoms with van der Waals surface area (Å²) in [6.07, 6.45) is 3.57. The molecule has 1 aromatic carbocycles. The number of nitrogens with one attached hydrogen (secondary N) is 1. The Morgan fingerprint density at radius 3 is 2.81 bits per heavy atom. The highest BCUT2D eigenvalue weighted by Crippen LogP contribution is 2.40. The number of thiophene rings is 1. The van der Waals surface area contributed by atoms with Crippen molar-refractivity contribution in [2.75, 3.05) is 19.0 Å². The molecule has 144 valence electrons. The molecule has 1 atom stereocenters. The Hall–Kier alpha value is -2.34. The summed E-state index contributed by atoms with van der Waals surface area (Å²) in [7, 11) is 1.53. The first-order valence-electron chi connectivity index (χ1n) is 9.31. The van der Waals surface area contributed by atoms with Crippen LogP contribution in [0.2, 0.25) is 0 Å². The lowest BCUT2D eigenvalue weighted by molar-refractivity contribution is 0.0505. The number of methoxy groups -OCH3 is 1. The molecule has 1 heterocycles. The largest absolute Gasteiger partial charge is 0.496 e. The summed E-state index contributed by atoms with van der Waals surface area (Å²) in [5.41, 5.74) is 2.00. The van der Waals surface area contributed by atoms with E-state index in [0.717, 1.165) is 31.2 Å². The van der Waals surface area contributed by atoms with Crippen LogP contribution >= 0.6 is 11.3 Å². The zero-order valence-electron chi connectivity index (χ0n) is 16.0. The van der Waals surface area contributed by atoms with Gasteiger partial charge < -0.3 is 14.8 Å². The third kappa shape index (κ3) is 4.16. The predicted molar refractivity (Wildman–Crippen MR) is 107 cm³/mol. The average molecular weight is 388 g/mol. The molecule has 0 bridgehead atoms. The third-order valence-corrected chi connectivity index (χ3v) is 5.90. The van der Waals surface area contributed by atoms with Crippen molar-refractivity contribution < 1.29 is 19.1 Å². The van der Waals surface area contributed by atoms with E-state index < -0.39 is 0 Å². The van der Waals surface area contributed by atoms with Crippen LogP contribution in [-0.4, -0.2) is 25.6 Å². The summed E-state index contributed by atoms with van der Waals surface area (Å²) < 4.78 is 10.7. The van der Waals surface area contributed by atoms with Gasteiger partial charge in [-0.15, -0.1) is 11.3 Å². The molecule has 1 unspecified atom stereocenters. The Bertz CT molecular complexity index is 843. The number of benzene rings is 1. The molecule has 6 heteroatoms. The Labute approximate surface area is 163 Å². The zero-order chi connectivity index (χ0) is 19.4. The van der Waals surface area contributed by atoms with E-state index in [-0.39, 0.29) is 11.9 Å². The molecule has 27 heavy (non-hydrogen) atoms. The van der Waals surface area contributed by atoms with Gasteiger partial charge in [0.15, 0.2) is 0 Å². The summed E-state index contributed by atoms with van der Waals surface area (Å²) >= 11 is 1.49. The quantitative estimate of drug-likeness (QED) is 0.730. The number of hydrogen-bond acceptors (Lipinski definition) is 5.